The number of hydrogen-bond donors (Lipinski definition) is 3. The second kappa shape index (κ2) is 10.1. The predicted octanol–water partition coefficient (Wildman–Crippen LogP) is 3.93. The SMILES string of the molecule is CC(C)c1cc(C(=O)N2CCC(CNC(C)(C)C(=O)OC3CCCC3)CC2)c(O)cc1O. The third kappa shape index (κ3) is 5.74. The number of amides is 1. The van der Waals surface area contributed by atoms with E-state index in [4.69, 9.17) is 4.74 Å². The number of rotatable bonds is 7. The molecule has 3 rings (SSSR count). The van der Waals surface area contributed by atoms with Crippen molar-refractivity contribution in [2.24, 2.45) is 5.92 Å². The van der Waals surface area contributed by atoms with Crippen molar-refractivity contribution in [2.75, 3.05) is 19.6 Å². The summed E-state index contributed by atoms with van der Waals surface area (Å²) >= 11 is 0. The molecule has 1 aliphatic heterocycles. The monoisotopic (exact) mass is 446 g/mol. The molecule has 1 aromatic carbocycles. The third-order valence-corrected chi connectivity index (χ3v) is 6.82. The van der Waals surface area contributed by atoms with Crippen LogP contribution in [-0.4, -0.2) is 58.3 Å². The van der Waals surface area contributed by atoms with E-state index in [2.05, 4.69) is 5.32 Å². The van der Waals surface area contributed by atoms with Crippen LogP contribution in [0, 0.1) is 5.92 Å². The predicted molar refractivity (Wildman–Crippen MR) is 123 cm³/mol. The number of ether oxygens (including phenoxy) is 1. The highest BCUT2D eigenvalue weighted by atomic mass is 16.5. The fourth-order valence-corrected chi connectivity index (χ4v) is 4.51. The van der Waals surface area contributed by atoms with Crippen molar-refractivity contribution in [3.63, 3.8) is 0 Å². The Morgan fingerprint density at radius 3 is 2.31 bits per heavy atom. The van der Waals surface area contributed by atoms with Gasteiger partial charge in [-0.1, -0.05) is 13.8 Å². The number of likely N-dealkylation sites (tertiary alicyclic amines) is 1. The lowest BCUT2D eigenvalue weighted by molar-refractivity contribution is -0.155. The highest BCUT2D eigenvalue weighted by Gasteiger charge is 2.33. The largest absolute Gasteiger partial charge is 0.508 e. The van der Waals surface area contributed by atoms with E-state index in [-0.39, 0.29) is 41.0 Å². The highest BCUT2D eigenvalue weighted by molar-refractivity contribution is 5.97. The molecule has 0 spiro atoms. The van der Waals surface area contributed by atoms with E-state index in [1.54, 1.807) is 11.0 Å². The number of carbonyl (C=O) groups is 2. The fraction of sp³-hybridized carbons (Fsp3) is 0.680. The van der Waals surface area contributed by atoms with Crippen molar-refractivity contribution in [3.8, 4) is 11.5 Å². The molecule has 1 aromatic rings. The van der Waals surface area contributed by atoms with Crippen molar-refractivity contribution in [1.29, 1.82) is 0 Å². The van der Waals surface area contributed by atoms with Gasteiger partial charge >= 0.3 is 5.97 Å². The minimum absolute atomic E-state index is 0.00732. The molecule has 178 valence electrons. The van der Waals surface area contributed by atoms with Crippen molar-refractivity contribution < 1.29 is 24.5 Å². The molecule has 1 amide bonds. The standard InChI is InChI=1S/C25H38N2O5/c1-16(2)19-13-20(22(29)14-21(19)28)23(30)27-11-9-17(10-12-27)15-26-25(3,4)24(31)32-18-7-5-6-8-18/h13-14,16-18,26,28-29H,5-12,15H2,1-4H3. The fourth-order valence-electron chi connectivity index (χ4n) is 4.51. The van der Waals surface area contributed by atoms with Gasteiger partial charge in [0.05, 0.1) is 5.56 Å². The summed E-state index contributed by atoms with van der Waals surface area (Å²) in [6.45, 7) is 9.47. The third-order valence-electron chi connectivity index (χ3n) is 6.82. The van der Waals surface area contributed by atoms with E-state index in [0.717, 1.165) is 38.5 Å². The van der Waals surface area contributed by atoms with Crippen molar-refractivity contribution >= 4 is 11.9 Å². The number of nitrogens with zero attached hydrogens (tertiary/aromatic N) is 1. The number of carbonyl (C=O) groups excluding carboxylic acids is 2. The number of piperidine rings is 1. The first-order chi connectivity index (χ1) is 15.1. The normalized spacial score (nSPS) is 18.3. The maximum atomic E-state index is 13.0. The van der Waals surface area contributed by atoms with Gasteiger partial charge in [0.2, 0.25) is 0 Å². The van der Waals surface area contributed by atoms with Crippen LogP contribution in [0.15, 0.2) is 12.1 Å². The summed E-state index contributed by atoms with van der Waals surface area (Å²) in [5, 5.41) is 23.6. The molecule has 0 radical (unpaired) electrons. The summed E-state index contributed by atoms with van der Waals surface area (Å²) in [4.78, 5) is 27.3. The average molecular weight is 447 g/mol. The van der Waals surface area contributed by atoms with Crippen LogP contribution in [0.4, 0.5) is 0 Å². The van der Waals surface area contributed by atoms with Gasteiger partial charge < -0.3 is 25.2 Å². The average Bonchev–Trinajstić information content (AvgIpc) is 3.25. The van der Waals surface area contributed by atoms with Crippen LogP contribution in [0.3, 0.4) is 0 Å². The molecule has 7 heteroatoms. The number of phenols is 2. The Kier molecular flexibility index (Phi) is 7.70. The van der Waals surface area contributed by atoms with Gasteiger partial charge in [-0.3, -0.25) is 9.59 Å². The summed E-state index contributed by atoms with van der Waals surface area (Å²) in [6, 6.07) is 2.86. The quantitative estimate of drug-likeness (QED) is 0.549. The summed E-state index contributed by atoms with van der Waals surface area (Å²) in [5.74, 6) is -0.187. The zero-order valence-electron chi connectivity index (χ0n) is 19.8. The Morgan fingerprint density at radius 2 is 1.72 bits per heavy atom. The van der Waals surface area contributed by atoms with Gasteiger partial charge in [-0.15, -0.1) is 0 Å². The van der Waals surface area contributed by atoms with E-state index in [9.17, 15) is 19.8 Å². The number of esters is 1. The molecule has 1 aliphatic carbocycles. The van der Waals surface area contributed by atoms with Crippen LogP contribution in [0.25, 0.3) is 0 Å². The lowest BCUT2D eigenvalue weighted by Gasteiger charge is -2.34. The Hall–Kier alpha value is -2.28. The van der Waals surface area contributed by atoms with Gasteiger partial charge in [-0.2, -0.15) is 0 Å². The van der Waals surface area contributed by atoms with Gasteiger partial charge in [0.15, 0.2) is 0 Å². The Morgan fingerprint density at radius 1 is 1.09 bits per heavy atom. The van der Waals surface area contributed by atoms with Gasteiger partial charge in [-0.25, -0.2) is 0 Å². The molecule has 0 bridgehead atoms. The van der Waals surface area contributed by atoms with Crippen molar-refractivity contribution in [3.05, 3.63) is 23.3 Å². The summed E-state index contributed by atoms with van der Waals surface area (Å²) in [7, 11) is 0. The van der Waals surface area contributed by atoms with Crippen LogP contribution >= 0.6 is 0 Å². The van der Waals surface area contributed by atoms with Crippen LogP contribution in [0.5, 0.6) is 11.5 Å². The van der Waals surface area contributed by atoms with Gasteiger partial charge in [0.25, 0.3) is 5.91 Å². The molecule has 3 N–H and O–H groups in total. The Balaban J connectivity index is 1.51. The van der Waals surface area contributed by atoms with Crippen LogP contribution in [0.2, 0.25) is 0 Å². The van der Waals surface area contributed by atoms with Crippen LogP contribution in [0.1, 0.15) is 88.1 Å². The van der Waals surface area contributed by atoms with E-state index in [1.165, 1.54) is 6.07 Å². The van der Waals surface area contributed by atoms with Crippen molar-refractivity contribution in [1.82, 2.24) is 10.2 Å². The van der Waals surface area contributed by atoms with Gasteiger partial charge in [0.1, 0.15) is 23.1 Å². The molecule has 1 heterocycles. The van der Waals surface area contributed by atoms with Crippen molar-refractivity contribution in [2.45, 2.75) is 83.8 Å². The molecule has 1 saturated carbocycles. The van der Waals surface area contributed by atoms with Crippen LogP contribution in [-0.2, 0) is 9.53 Å². The maximum absolute atomic E-state index is 13.0. The highest BCUT2D eigenvalue weighted by Crippen LogP contribution is 2.33. The second-order valence-electron chi connectivity index (χ2n) is 10.1. The Labute approximate surface area is 191 Å². The van der Waals surface area contributed by atoms with E-state index >= 15 is 0 Å². The molecular weight excluding hydrogens is 408 g/mol. The topological polar surface area (TPSA) is 99.1 Å². The number of aromatic hydroxyl groups is 2. The lowest BCUT2D eigenvalue weighted by Crippen LogP contribution is -2.51. The first-order valence-corrected chi connectivity index (χ1v) is 11.9. The smallest absolute Gasteiger partial charge is 0.326 e. The molecule has 0 aromatic heterocycles. The summed E-state index contributed by atoms with van der Waals surface area (Å²) in [5.41, 5.74) is 0.150. The van der Waals surface area contributed by atoms with Gasteiger partial charge in [0, 0.05) is 19.2 Å². The first-order valence-electron chi connectivity index (χ1n) is 11.9. The molecular formula is C25H38N2O5. The molecule has 0 unspecified atom stereocenters. The van der Waals surface area contributed by atoms with Gasteiger partial charge in [-0.05, 0) is 82.4 Å². The number of hydrogen-bond acceptors (Lipinski definition) is 6. The van der Waals surface area contributed by atoms with E-state index in [0.29, 0.717) is 31.1 Å². The molecule has 2 fully saturated rings. The molecule has 32 heavy (non-hydrogen) atoms. The number of nitrogens with one attached hydrogen (secondary N) is 1. The lowest BCUT2D eigenvalue weighted by atomic mass is 9.94. The Bertz CT molecular complexity index is 822. The molecule has 7 nitrogen and oxygen atoms in total. The summed E-state index contributed by atoms with van der Waals surface area (Å²) < 4.78 is 5.66. The molecule has 0 atom stereocenters. The zero-order valence-corrected chi connectivity index (χ0v) is 19.8. The van der Waals surface area contributed by atoms with E-state index in [1.807, 2.05) is 27.7 Å². The second-order valence-corrected chi connectivity index (χ2v) is 10.1. The number of phenolic OH excluding ortho intramolecular Hbond substituents is 2. The zero-order chi connectivity index (χ0) is 23.5. The minimum atomic E-state index is -0.735. The molecule has 1 saturated heterocycles. The molecule has 2 aliphatic rings. The van der Waals surface area contributed by atoms with Crippen LogP contribution < -0.4 is 5.32 Å². The minimum Gasteiger partial charge on any atom is -0.508 e. The number of benzene rings is 1. The first kappa shape index (κ1) is 24.4. The summed E-state index contributed by atoms with van der Waals surface area (Å²) in [6.07, 6.45) is 5.89. The van der Waals surface area contributed by atoms with E-state index < -0.39 is 5.54 Å². The maximum Gasteiger partial charge on any atom is 0.326 e.